The van der Waals surface area contributed by atoms with Crippen molar-refractivity contribution in [2.45, 2.75) is 50.7 Å². The maximum atomic E-state index is 9.78. The van der Waals surface area contributed by atoms with Crippen molar-refractivity contribution in [2.24, 2.45) is 0 Å². The largest absolute Gasteiger partial charge is 0.396 e. The molecule has 0 saturated carbocycles. The minimum absolute atomic E-state index is 0.00937. The lowest BCUT2D eigenvalue weighted by molar-refractivity contribution is -0.216. The maximum Gasteiger partial charge on any atom is 0.190 e. The zero-order chi connectivity index (χ0) is 10.3. The van der Waals surface area contributed by atoms with Crippen LogP contribution in [0.4, 0.5) is 0 Å². The Bertz CT molecular complexity index is 217. The summed E-state index contributed by atoms with van der Waals surface area (Å²) in [5, 5.41) is 18.5. The average Bonchev–Trinajstić information content (AvgIpc) is 2.50. The molecule has 0 amide bonds. The molecule has 0 spiro atoms. The number of aliphatic hydroxyl groups is 2. The summed E-state index contributed by atoms with van der Waals surface area (Å²) in [6.07, 6.45) is -1.63. The molecule has 4 atom stereocenters. The smallest absolute Gasteiger partial charge is 0.190 e. The van der Waals surface area contributed by atoms with Crippen molar-refractivity contribution in [1.82, 2.24) is 0 Å². The van der Waals surface area contributed by atoms with Crippen LogP contribution in [0.15, 0.2) is 0 Å². The molecule has 0 unspecified atom stereocenters. The number of hydrogen-bond acceptors (Lipinski definition) is 5. The molecule has 2 rings (SSSR count). The molecule has 0 aromatic heterocycles. The van der Waals surface area contributed by atoms with Gasteiger partial charge in [-0.3, -0.25) is 0 Å². The summed E-state index contributed by atoms with van der Waals surface area (Å²) in [5.74, 6) is -0.694. The minimum atomic E-state index is -0.714. The molecule has 14 heavy (non-hydrogen) atoms. The van der Waals surface area contributed by atoms with Crippen molar-refractivity contribution < 1.29 is 24.4 Å². The van der Waals surface area contributed by atoms with Gasteiger partial charge in [-0.2, -0.15) is 0 Å². The molecule has 82 valence electrons. The summed E-state index contributed by atoms with van der Waals surface area (Å²) in [6.45, 7) is 3.55. The quantitative estimate of drug-likeness (QED) is 0.641. The van der Waals surface area contributed by atoms with Crippen LogP contribution in [0.3, 0.4) is 0 Å². The molecule has 0 aliphatic carbocycles. The summed E-state index contributed by atoms with van der Waals surface area (Å²) >= 11 is 0. The first kappa shape index (κ1) is 10.3. The van der Waals surface area contributed by atoms with E-state index in [1.165, 1.54) is 0 Å². The van der Waals surface area contributed by atoms with Crippen LogP contribution in [0.25, 0.3) is 0 Å². The molecule has 5 heteroatoms. The molecular formula is C9H16O5. The van der Waals surface area contributed by atoms with E-state index in [1.807, 2.05) is 0 Å². The highest BCUT2D eigenvalue weighted by atomic mass is 16.8. The van der Waals surface area contributed by atoms with E-state index in [0.29, 0.717) is 6.42 Å². The van der Waals surface area contributed by atoms with E-state index >= 15 is 0 Å². The summed E-state index contributed by atoms with van der Waals surface area (Å²) in [4.78, 5) is 0. The van der Waals surface area contributed by atoms with E-state index in [2.05, 4.69) is 0 Å². The SMILES string of the molecule is CC1(C)O[C@H]2O[C@@H](CCO)[C@H](O)[C@H]2O1. The topological polar surface area (TPSA) is 68.2 Å². The van der Waals surface area contributed by atoms with Crippen molar-refractivity contribution in [1.29, 1.82) is 0 Å². The van der Waals surface area contributed by atoms with Crippen LogP contribution in [0.1, 0.15) is 20.3 Å². The lowest BCUT2D eigenvalue weighted by atomic mass is 10.1. The van der Waals surface area contributed by atoms with Gasteiger partial charge in [-0.05, 0) is 20.3 Å². The van der Waals surface area contributed by atoms with Gasteiger partial charge in [-0.25, -0.2) is 0 Å². The first-order valence-corrected chi connectivity index (χ1v) is 4.83. The predicted molar refractivity (Wildman–Crippen MR) is 46.4 cm³/mol. The lowest BCUT2D eigenvalue weighted by Gasteiger charge is -2.22. The van der Waals surface area contributed by atoms with Gasteiger partial charge in [0, 0.05) is 6.61 Å². The second-order valence-corrected chi connectivity index (χ2v) is 4.15. The molecule has 2 saturated heterocycles. The first-order chi connectivity index (χ1) is 6.53. The molecule has 0 aromatic rings. The zero-order valence-electron chi connectivity index (χ0n) is 8.34. The van der Waals surface area contributed by atoms with Gasteiger partial charge < -0.3 is 24.4 Å². The number of fused-ring (bicyclic) bond motifs is 1. The van der Waals surface area contributed by atoms with Gasteiger partial charge in [-0.1, -0.05) is 0 Å². The van der Waals surface area contributed by atoms with Crippen LogP contribution < -0.4 is 0 Å². The highest BCUT2D eigenvalue weighted by Gasteiger charge is 2.53. The number of aliphatic hydroxyl groups excluding tert-OH is 2. The standard InChI is InChI=1S/C9H16O5/c1-9(2)13-7-6(11)5(3-4-10)12-8(7)14-9/h5-8,10-11H,3-4H2,1-2H3/t5-,6-,7+,8+/m0/s1. The molecule has 2 fully saturated rings. The number of ether oxygens (including phenoxy) is 3. The minimum Gasteiger partial charge on any atom is -0.396 e. The average molecular weight is 204 g/mol. The summed E-state index contributed by atoms with van der Waals surface area (Å²) in [6, 6.07) is 0. The maximum absolute atomic E-state index is 9.78. The Morgan fingerprint density at radius 1 is 1.29 bits per heavy atom. The lowest BCUT2D eigenvalue weighted by Crippen LogP contribution is -2.34. The van der Waals surface area contributed by atoms with Crippen LogP contribution in [0.5, 0.6) is 0 Å². The highest BCUT2D eigenvalue weighted by molar-refractivity contribution is 4.92. The Morgan fingerprint density at radius 3 is 2.57 bits per heavy atom. The molecule has 2 aliphatic rings. The van der Waals surface area contributed by atoms with Crippen LogP contribution in [-0.2, 0) is 14.2 Å². The van der Waals surface area contributed by atoms with E-state index < -0.39 is 24.3 Å². The van der Waals surface area contributed by atoms with E-state index in [1.54, 1.807) is 13.8 Å². The van der Waals surface area contributed by atoms with Crippen molar-refractivity contribution in [3.63, 3.8) is 0 Å². The highest BCUT2D eigenvalue weighted by Crippen LogP contribution is 2.37. The van der Waals surface area contributed by atoms with Gasteiger partial charge in [0.1, 0.15) is 12.2 Å². The molecule has 5 nitrogen and oxygen atoms in total. The van der Waals surface area contributed by atoms with Crippen LogP contribution in [0, 0.1) is 0 Å². The van der Waals surface area contributed by atoms with Gasteiger partial charge in [0.25, 0.3) is 0 Å². The second kappa shape index (κ2) is 3.43. The molecule has 0 bridgehead atoms. The fourth-order valence-electron chi connectivity index (χ4n) is 1.92. The molecule has 2 aliphatic heterocycles. The van der Waals surface area contributed by atoms with Crippen LogP contribution in [-0.4, -0.2) is 47.2 Å². The first-order valence-electron chi connectivity index (χ1n) is 4.83. The Balaban J connectivity index is 2.00. The van der Waals surface area contributed by atoms with E-state index in [4.69, 9.17) is 19.3 Å². The van der Waals surface area contributed by atoms with Crippen molar-refractivity contribution in [2.75, 3.05) is 6.61 Å². The zero-order valence-corrected chi connectivity index (χ0v) is 8.34. The van der Waals surface area contributed by atoms with Gasteiger partial charge in [-0.15, -0.1) is 0 Å². The Hall–Kier alpha value is -0.200. The van der Waals surface area contributed by atoms with Crippen molar-refractivity contribution in [3.05, 3.63) is 0 Å². The second-order valence-electron chi connectivity index (χ2n) is 4.15. The summed E-state index contributed by atoms with van der Waals surface area (Å²) in [7, 11) is 0. The number of rotatable bonds is 2. The summed E-state index contributed by atoms with van der Waals surface area (Å²) in [5.41, 5.74) is 0. The van der Waals surface area contributed by atoms with E-state index in [0.717, 1.165) is 0 Å². The fourth-order valence-corrected chi connectivity index (χ4v) is 1.92. The monoisotopic (exact) mass is 204 g/mol. The molecule has 2 heterocycles. The van der Waals surface area contributed by atoms with E-state index in [9.17, 15) is 5.11 Å². The molecular weight excluding hydrogens is 188 g/mol. The summed E-state index contributed by atoms with van der Waals surface area (Å²) < 4.78 is 16.3. The van der Waals surface area contributed by atoms with Gasteiger partial charge in [0.2, 0.25) is 0 Å². The molecule has 0 radical (unpaired) electrons. The Kier molecular flexibility index (Phi) is 2.53. The van der Waals surface area contributed by atoms with Crippen molar-refractivity contribution >= 4 is 0 Å². The van der Waals surface area contributed by atoms with Crippen LogP contribution >= 0.6 is 0 Å². The number of hydrogen-bond donors (Lipinski definition) is 2. The normalized spacial score (nSPS) is 45.4. The van der Waals surface area contributed by atoms with Gasteiger partial charge >= 0.3 is 0 Å². The third-order valence-electron chi connectivity index (χ3n) is 2.53. The van der Waals surface area contributed by atoms with Gasteiger partial charge in [0.05, 0.1) is 6.10 Å². The van der Waals surface area contributed by atoms with Gasteiger partial charge in [0.15, 0.2) is 12.1 Å². The van der Waals surface area contributed by atoms with Crippen LogP contribution in [0.2, 0.25) is 0 Å². The Morgan fingerprint density at radius 2 is 2.00 bits per heavy atom. The van der Waals surface area contributed by atoms with Crippen molar-refractivity contribution in [3.8, 4) is 0 Å². The fraction of sp³-hybridized carbons (Fsp3) is 1.00. The Labute approximate surface area is 82.6 Å². The predicted octanol–water partition coefficient (Wildman–Crippen LogP) is -0.394. The third-order valence-corrected chi connectivity index (χ3v) is 2.53. The molecule has 0 aromatic carbocycles. The van der Waals surface area contributed by atoms with E-state index in [-0.39, 0.29) is 12.7 Å². The molecule has 2 N–H and O–H groups in total. The third kappa shape index (κ3) is 1.66.